The molecule has 0 bridgehead atoms. The van der Waals surface area contributed by atoms with E-state index in [4.69, 9.17) is 0 Å². The van der Waals surface area contributed by atoms with Crippen molar-refractivity contribution in [1.29, 1.82) is 0 Å². The summed E-state index contributed by atoms with van der Waals surface area (Å²) >= 11 is 0. The molecule has 0 aliphatic heterocycles. The molecule has 0 saturated heterocycles. The highest BCUT2D eigenvalue weighted by atomic mass is 15.2. The van der Waals surface area contributed by atoms with Gasteiger partial charge in [0.05, 0.1) is 12.1 Å². The van der Waals surface area contributed by atoms with E-state index in [9.17, 15) is 0 Å². The van der Waals surface area contributed by atoms with Crippen LogP contribution < -0.4 is 4.57 Å². The van der Waals surface area contributed by atoms with E-state index < -0.39 is 0 Å². The number of hydrogen-bond donors (Lipinski definition) is 0. The molecule has 0 radical (unpaired) electrons. The van der Waals surface area contributed by atoms with Crippen molar-refractivity contribution in [2.24, 2.45) is 0 Å². The lowest BCUT2D eigenvalue weighted by molar-refractivity contribution is -0.685. The lowest BCUT2D eigenvalue weighted by atomic mass is 10.2. The van der Waals surface area contributed by atoms with Crippen LogP contribution in [0, 0.1) is 0 Å². The number of imidazole rings is 1. The second-order valence-electron chi connectivity index (χ2n) is 5.59. The highest BCUT2D eigenvalue weighted by Gasteiger charge is 2.20. The molecule has 0 spiro atoms. The molecule has 0 atom stereocenters. The van der Waals surface area contributed by atoms with Gasteiger partial charge in [0, 0.05) is 0 Å². The van der Waals surface area contributed by atoms with E-state index in [2.05, 4.69) is 89.1 Å². The summed E-state index contributed by atoms with van der Waals surface area (Å²) in [4.78, 5) is 0. The van der Waals surface area contributed by atoms with Crippen molar-refractivity contribution >= 4 is 0 Å². The average molecular weight is 291 g/mol. The fraction of sp³-hybridized carbons (Fsp3) is 0.250. The minimum atomic E-state index is 1.07. The van der Waals surface area contributed by atoms with Gasteiger partial charge >= 0.3 is 0 Å². The molecule has 2 nitrogen and oxygen atoms in total. The van der Waals surface area contributed by atoms with Crippen molar-refractivity contribution in [3.63, 3.8) is 0 Å². The highest BCUT2D eigenvalue weighted by Crippen LogP contribution is 2.20. The van der Waals surface area contributed by atoms with Crippen molar-refractivity contribution in [1.82, 2.24) is 4.57 Å². The van der Waals surface area contributed by atoms with Crippen LogP contribution in [-0.4, -0.2) is 4.57 Å². The maximum atomic E-state index is 2.37. The lowest BCUT2D eigenvalue weighted by Crippen LogP contribution is -2.34. The molecular weight excluding hydrogens is 268 g/mol. The number of aromatic nitrogens is 2. The van der Waals surface area contributed by atoms with Gasteiger partial charge in [-0.3, -0.25) is 0 Å². The zero-order chi connectivity index (χ0) is 15.2. The number of nitrogens with zero attached hydrogens (tertiary/aromatic N) is 2. The number of aryl methyl sites for hydroxylation is 1. The molecule has 0 saturated carbocycles. The maximum absolute atomic E-state index is 2.37. The third kappa shape index (κ3) is 3.11. The molecule has 22 heavy (non-hydrogen) atoms. The van der Waals surface area contributed by atoms with Gasteiger partial charge in [-0.2, -0.15) is 4.57 Å². The molecule has 0 N–H and O–H groups in total. The number of hydrogen-bond acceptors (Lipinski definition) is 0. The monoisotopic (exact) mass is 291 g/mol. The van der Waals surface area contributed by atoms with Gasteiger partial charge in [0.25, 0.3) is 5.82 Å². The van der Waals surface area contributed by atoms with Gasteiger partial charge in [0.1, 0.15) is 18.1 Å². The van der Waals surface area contributed by atoms with Crippen LogP contribution in [0.25, 0.3) is 17.1 Å². The fourth-order valence-electron chi connectivity index (χ4n) is 2.83. The molecule has 2 heteroatoms. The number of unbranched alkanes of at least 4 members (excludes halogenated alkanes) is 2. The highest BCUT2D eigenvalue weighted by molar-refractivity contribution is 5.55. The number of para-hydroxylation sites is 1. The predicted molar refractivity (Wildman–Crippen MR) is 90.9 cm³/mol. The molecular formula is C20H23N2+. The first-order valence-electron chi connectivity index (χ1n) is 8.12. The summed E-state index contributed by atoms with van der Waals surface area (Å²) in [6.45, 7) is 3.32. The standard InChI is InChI=1S/C20H23N2/c1-2-3-10-15-21-16-17-22(19-13-8-5-9-14-19)20(21)18-11-6-4-7-12-18/h4-9,11-14,16-17H,2-3,10,15H2,1H3/q+1. The van der Waals surface area contributed by atoms with Gasteiger partial charge in [-0.1, -0.05) is 49.7 Å². The molecule has 0 unspecified atom stereocenters. The first kappa shape index (κ1) is 14.6. The molecule has 112 valence electrons. The number of benzene rings is 2. The first-order chi connectivity index (χ1) is 10.9. The molecule has 0 amide bonds. The minimum absolute atomic E-state index is 1.07. The summed E-state index contributed by atoms with van der Waals surface area (Å²) in [6, 6.07) is 21.2. The molecule has 1 heterocycles. The molecule has 3 aromatic rings. The van der Waals surface area contributed by atoms with E-state index in [1.807, 2.05) is 0 Å². The Morgan fingerprint density at radius 2 is 1.55 bits per heavy atom. The van der Waals surface area contributed by atoms with Crippen LogP contribution in [0.5, 0.6) is 0 Å². The van der Waals surface area contributed by atoms with E-state index in [1.165, 1.54) is 36.3 Å². The summed E-state index contributed by atoms with van der Waals surface area (Å²) in [5.74, 6) is 1.25. The van der Waals surface area contributed by atoms with Gasteiger partial charge < -0.3 is 0 Å². The Morgan fingerprint density at radius 3 is 2.23 bits per heavy atom. The van der Waals surface area contributed by atoms with Crippen molar-refractivity contribution in [2.75, 3.05) is 0 Å². The van der Waals surface area contributed by atoms with Crippen molar-refractivity contribution in [3.05, 3.63) is 73.1 Å². The summed E-state index contributed by atoms with van der Waals surface area (Å²) in [7, 11) is 0. The Hall–Kier alpha value is -2.35. The van der Waals surface area contributed by atoms with Crippen LogP contribution in [0.15, 0.2) is 73.1 Å². The second kappa shape index (κ2) is 7.08. The van der Waals surface area contributed by atoms with Crippen LogP contribution in [0.2, 0.25) is 0 Å². The third-order valence-corrected chi connectivity index (χ3v) is 3.96. The topological polar surface area (TPSA) is 8.81 Å². The molecule has 3 rings (SSSR count). The largest absolute Gasteiger partial charge is 0.294 e. The lowest BCUT2D eigenvalue weighted by Gasteiger charge is -2.05. The Morgan fingerprint density at radius 1 is 0.864 bits per heavy atom. The van der Waals surface area contributed by atoms with Crippen molar-refractivity contribution in [2.45, 2.75) is 32.7 Å². The summed E-state index contributed by atoms with van der Waals surface area (Å²) in [5, 5.41) is 0. The zero-order valence-electron chi connectivity index (χ0n) is 13.2. The van der Waals surface area contributed by atoms with Crippen LogP contribution in [0.4, 0.5) is 0 Å². The van der Waals surface area contributed by atoms with E-state index in [0.717, 1.165) is 6.54 Å². The van der Waals surface area contributed by atoms with Gasteiger partial charge in [-0.15, -0.1) is 0 Å². The Kier molecular flexibility index (Phi) is 4.69. The summed E-state index contributed by atoms with van der Waals surface area (Å²) in [5.41, 5.74) is 2.46. The quantitative estimate of drug-likeness (QED) is 0.463. The Balaban J connectivity index is 2.04. The van der Waals surface area contributed by atoms with Crippen LogP contribution >= 0.6 is 0 Å². The van der Waals surface area contributed by atoms with Gasteiger partial charge in [0.2, 0.25) is 0 Å². The Bertz CT molecular complexity index is 699. The van der Waals surface area contributed by atoms with Crippen LogP contribution in [0.3, 0.4) is 0 Å². The van der Waals surface area contributed by atoms with E-state index in [0.29, 0.717) is 0 Å². The summed E-state index contributed by atoms with van der Waals surface area (Å²) < 4.78 is 4.65. The van der Waals surface area contributed by atoms with Gasteiger partial charge in [-0.25, -0.2) is 4.57 Å². The molecule has 1 aromatic heterocycles. The number of rotatable bonds is 6. The van der Waals surface area contributed by atoms with Gasteiger partial charge in [-0.05, 0) is 37.1 Å². The average Bonchev–Trinajstić information content (AvgIpc) is 3.01. The molecule has 0 fully saturated rings. The van der Waals surface area contributed by atoms with Crippen LogP contribution in [0.1, 0.15) is 26.2 Å². The molecule has 2 aromatic carbocycles. The van der Waals surface area contributed by atoms with E-state index in [1.54, 1.807) is 0 Å². The molecule has 0 aliphatic carbocycles. The van der Waals surface area contributed by atoms with Crippen LogP contribution in [-0.2, 0) is 6.54 Å². The smallest absolute Gasteiger partial charge is 0.230 e. The van der Waals surface area contributed by atoms with Gasteiger partial charge in [0.15, 0.2) is 0 Å². The normalized spacial score (nSPS) is 10.8. The molecule has 0 aliphatic rings. The fourth-order valence-corrected chi connectivity index (χ4v) is 2.83. The van der Waals surface area contributed by atoms with E-state index in [-0.39, 0.29) is 0 Å². The minimum Gasteiger partial charge on any atom is -0.230 e. The third-order valence-electron chi connectivity index (χ3n) is 3.96. The van der Waals surface area contributed by atoms with E-state index >= 15 is 0 Å². The second-order valence-corrected chi connectivity index (χ2v) is 5.59. The Labute approximate surface area is 132 Å². The summed E-state index contributed by atoms with van der Waals surface area (Å²) in [6.07, 6.45) is 8.12. The van der Waals surface area contributed by atoms with Crippen molar-refractivity contribution < 1.29 is 4.57 Å². The maximum Gasteiger partial charge on any atom is 0.294 e. The predicted octanol–water partition coefficient (Wildman–Crippen LogP) is 4.62. The first-order valence-corrected chi connectivity index (χ1v) is 8.12. The van der Waals surface area contributed by atoms with Crippen molar-refractivity contribution in [3.8, 4) is 17.1 Å². The zero-order valence-corrected chi connectivity index (χ0v) is 13.2. The SMILES string of the molecule is CCCCC[n+]1ccn(-c2ccccc2)c1-c1ccccc1.